The monoisotopic (exact) mass is 362 g/mol. The molecule has 2 aromatic carbocycles. The third-order valence-corrected chi connectivity index (χ3v) is 4.13. The van der Waals surface area contributed by atoms with Crippen molar-refractivity contribution in [2.75, 3.05) is 12.4 Å². The first-order chi connectivity index (χ1) is 12.4. The summed E-state index contributed by atoms with van der Waals surface area (Å²) in [4.78, 5) is 12.3. The number of benzene rings is 2. The number of aromatic nitrogens is 1. The van der Waals surface area contributed by atoms with Crippen molar-refractivity contribution in [3.63, 3.8) is 0 Å². The first kappa shape index (κ1) is 17.8. The number of anilines is 2. The number of hydrogen-bond donors (Lipinski definition) is 1. The lowest BCUT2D eigenvalue weighted by atomic mass is 10.1. The first-order valence-corrected chi connectivity index (χ1v) is 8.00. The molecule has 0 bridgehead atoms. The van der Waals surface area contributed by atoms with E-state index < -0.39 is 17.7 Å². The average molecular weight is 362 g/mol. The number of esters is 1. The first-order valence-electron chi connectivity index (χ1n) is 8.00. The summed E-state index contributed by atoms with van der Waals surface area (Å²) in [6.07, 6.45) is -4.44. The van der Waals surface area contributed by atoms with E-state index in [9.17, 15) is 18.0 Å². The zero-order valence-electron chi connectivity index (χ0n) is 14.2. The topological polar surface area (TPSA) is 43.3 Å². The highest BCUT2D eigenvalue weighted by Gasteiger charge is 2.30. The molecule has 1 N–H and O–H groups in total. The molecule has 0 fully saturated rings. The summed E-state index contributed by atoms with van der Waals surface area (Å²) < 4.78 is 45.6. The molecule has 0 spiro atoms. The number of aryl methyl sites for hydroxylation is 1. The summed E-state index contributed by atoms with van der Waals surface area (Å²) in [5.74, 6) is -0.558. The van der Waals surface area contributed by atoms with Crippen molar-refractivity contribution < 1.29 is 22.7 Å². The molecule has 3 aromatic rings. The normalized spacial score (nSPS) is 11.6. The molecule has 0 unspecified atom stereocenters. The summed E-state index contributed by atoms with van der Waals surface area (Å²) >= 11 is 0. The van der Waals surface area contributed by atoms with Gasteiger partial charge in [-0.15, -0.1) is 0 Å². The molecule has 26 heavy (non-hydrogen) atoms. The number of ether oxygens (including phenoxy) is 1. The van der Waals surface area contributed by atoms with Crippen LogP contribution in [0.2, 0.25) is 0 Å². The fourth-order valence-corrected chi connectivity index (χ4v) is 2.98. The maximum Gasteiger partial charge on any atom is 0.416 e. The minimum atomic E-state index is -4.44. The number of carbonyl (C=O) groups excluding carboxylic acids is 1. The molecule has 0 saturated carbocycles. The number of nitrogens with one attached hydrogen (secondary N) is 1. The van der Waals surface area contributed by atoms with Gasteiger partial charge in [0.1, 0.15) is 0 Å². The van der Waals surface area contributed by atoms with Crippen LogP contribution in [0.25, 0.3) is 10.9 Å². The molecule has 1 heterocycles. The Balaban J connectivity index is 2.17. The third kappa shape index (κ3) is 3.12. The number of halogens is 3. The molecule has 136 valence electrons. The molecule has 0 aliphatic carbocycles. The lowest BCUT2D eigenvalue weighted by molar-refractivity contribution is -0.137. The van der Waals surface area contributed by atoms with Crippen LogP contribution in [0.1, 0.15) is 23.0 Å². The molecule has 0 amide bonds. The molecule has 1 aromatic heterocycles. The number of alkyl halides is 3. The lowest BCUT2D eigenvalue weighted by Gasteiger charge is -2.12. The highest BCUT2D eigenvalue weighted by Crippen LogP contribution is 2.36. The van der Waals surface area contributed by atoms with Crippen LogP contribution in [0, 0.1) is 0 Å². The van der Waals surface area contributed by atoms with E-state index in [-0.39, 0.29) is 11.4 Å². The Morgan fingerprint density at radius 3 is 2.54 bits per heavy atom. The van der Waals surface area contributed by atoms with Crippen LogP contribution in [0.3, 0.4) is 0 Å². The van der Waals surface area contributed by atoms with Crippen LogP contribution in [-0.2, 0) is 17.5 Å². The van der Waals surface area contributed by atoms with Crippen molar-refractivity contribution in [1.82, 2.24) is 4.57 Å². The number of carbonyl (C=O) groups is 1. The van der Waals surface area contributed by atoms with Crippen LogP contribution < -0.4 is 5.32 Å². The number of para-hydroxylation sites is 1. The molecule has 0 atom stereocenters. The smallest absolute Gasteiger partial charge is 0.416 e. The molecule has 0 radical (unpaired) electrons. The molecular formula is C19H17F3N2O2. The Morgan fingerprint density at radius 1 is 1.15 bits per heavy atom. The molecule has 3 rings (SSSR count). The van der Waals surface area contributed by atoms with E-state index in [1.54, 1.807) is 10.6 Å². The molecule has 4 nitrogen and oxygen atoms in total. The van der Waals surface area contributed by atoms with E-state index in [0.717, 1.165) is 23.0 Å². The van der Waals surface area contributed by atoms with Gasteiger partial charge in [-0.3, -0.25) is 0 Å². The van der Waals surface area contributed by atoms with E-state index in [1.165, 1.54) is 19.2 Å². The van der Waals surface area contributed by atoms with E-state index in [2.05, 4.69) is 5.32 Å². The van der Waals surface area contributed by atoms with Crippen LogP contribution in [0.15, 0.2) is 48.5 Å². The highest BCUT2D eigenvalue weighted by molar-refractivity contribution is 6.08. The van der Waals surface area contributed by atoms with Crippen LogP contribution >= 0.6 is 0 Å². The van der Waals surface area contributed by atoms with E-state index in [4.69, 9.17) is 4.74 Å². The van der Waals surface area contributed by atoms with Crippen molar-refractivity contribution in [2.24, 2.45) is 0 Å². The Morgan fingerprint density at radius 2 is 1.88 bits per heavy atom. The highest BCUT2D eigenvalue weighted by atomic mass is 19.4. The zero-order chi connectivity index (χ0) is 18.9. The fourth-order valence-electron chi connectivity index (χ4n) is 2.98. The molecular weight excluding hydrogens is 345 g/mol. The number of nitrogens with zero attached hydrogens (tertiary/aromatic N) is 1. The summed E-state index contributed by atoms with van der Waals surface area (Å²) in [6.45, 7) is 2.39. The van der Waals surface area contributed by atoms with Crippen molar-refractivity contribution in [3.05, 3.63) is 59.8 Å². The minimum absolute atomic E-state index is 0.240. The maximum absolute atomic E-state index is 13.0. The SMILES string of the molecule is CCn1c(C(=O)OC)c(Nc2cccc(C(F)(F)F)c2)c2ccccc21. The number of hydrogen-bond acceptors (Lipinski definition) is 3. The average Bonchev–Trinajstić information content (AvgIpc) is 2.94. The standard InChI is InChI=1S/C19H17F3N2O2/c1-3-24-15-10-5-4-9-14(15)16(17(24)18(25)26-2)23-13-8-6-7-12(11-13)19(20,21)22/h4-11,23H,3H2,1-2H3. The second kappa shape index (κ2) is 6.74. The van der Waals surface area contributed by atoms with Gasteiger partial charge in [-0.1, -0.05) is 24.3 Å². The largest absolute Gasteiger partial charge is 0.464 e. The quantitative estimate of drug-likeness (QED) is 0.648. The van der Waals surface area contributed by atoms with E-state index >= 15 is 0 Å². The van der Waals surface area contributed by atoms with Gasteiger partial charge in [-0.2, -0.15) is 13.2 Å². The Hall–Kier alpha value is -2.96. The lowest BCUT2D eigenvalue weighted by Crippen LogP contribution is -2.12. The van der Waals surface area contributed by atoms with Gasteiger partial charge in [0.15, 0.2) is 5.69 Å². The Kier molecular flexibility index (Phi) is 4.63. The van der Waals surface area contributed by atoms with Crippen molar-refractivity contribution in [1.29, 1.82) is 0 Å². The number of fused-ring (bicyclic) bond motifs is 1. The molecule has 0 aliphatic rings. The summed E-state index contributed by atoms with van der Waals surface area (Å²) in [7, 11) is 1.27. The van der Waals surface area contributed by atoms with Gasteiger partial charge < -0.3 is 14.6 Å². The van der Waals surface area contributed by atoms with Gasteiger partial charge in [0.2, 0.25) is 0 Å². The maximum atomic E-state index is 13.0. The zero-order valence-corrected chi connectivity index (χ0v) is 14.2. The Labute approximate surface area is 148 Å². The van der Waals surface area contributed by atoms with Gasteiger partial charge in [0.25, 0.3) is 0 Å². The second-order valence-corrected chi connectivity index (χ2v) is 5.68. The van der Waals surface area contributed by atoms with Crippen molar-refractivity contribution >= 4 is 28.2 Å². The number of rotatable bonds is 4. The summed E-state index contributed by atoms with van der Waals surface area (Å²) in [5, 5.41) is 3.71. The predicted molar refractivity (Wildman–Crippen MR) is 93.7 cm³/mol. The predicted octanol–water partition coefficient (Wildman–Crippen LogP) is 5.21. The van der Waals surface area contributed by atoms with Gasteiger partial charge in [-0.05, 0) is 31.2 Å². The Bertz CT molecular complexity index is 961. The summed E-state index contributed by atoms with van der Waals surface area (Å²) in [5.41, 5.74) is 0.970. The van der Waals surface area contributed by atoms with Gasteiger partial charge >= 0.3 is 12.1 Å². The van der Waals surface area contributed by atoms with Crippen molar-refractivity contribution in [2.45, 2.75) is 19.6 Å². The number of methoxy groups -OCH3 is 1. The van der Waals surface area contributed by atoms with E-state index in [0.29, 0.717) is 12.2 Å². The van der Waals surface area contributed by atoms with Crippen LogP contribution in [-0.4, -0.2) is 17.6 Å². The van der Waals surface area contributed by atoms with Gasteiger partial charge in [-0.25, -0.2) is 4.79 Å². The third-order valence-electron chi connectivity index (χ3n) is 4.13. The minimum Gasteiger partial charge on any atom is -0.464 e. The molecule has 0 aliphatic heterocycles. The summed E-state index contributed by atoms with van der Waals surface area (Å²) in [6, 6.07) is 12.2. The van der Waals surface area contributed by atoms with Gasteiger partial charge in [0.05, 0.1) is 23.9 Å². The molecule has 0 saturated heterocycles. The van der Waals surface area contributed by atoms with Crippen molar-refractivity contribution in [3.8, 4) is 0 Å². The fraction of sp³-hybridized carbons (Fsp3) is 0.211. The van der Waals surface area contributed by atoms with Crippen LogP contribution in [0.5, 0.6) is 0 Å². The van der Waals surface area contributed by atoms with Gasteiger partial charge in [0, 0.05) is 17.6 Å². The van der Waals surface area contributed by atoms with Crippen LogP contribution in [0.4, 0.5) is 24.5 Å². The molecule has 7 heteroatoms. The van der Waals surface area contributed by atoms with E-state index in [1.807, 2.05) is 25.1 Å². The second-order valence-electron chi connectivity index (χ2n) is 5.68.